The van der Waals surface area contributed by atoms with Gasteiger partial charge < -0.3 is 12.4 Å². The molecule has 0 unspecified atom stereocenters. The highest BCUT2D eigenvalue weighted by molar-refractivity contribution is 5.11. The maximum absolute atomic E-state index is 2.37. The van der Waals surface area contributed by atoms with Gasteiger partial charge in [-0.3, -0.25) is 0 Å². The number of unbranched alkanes of at least 4 members (excludes halogenated alkanes) is 14. The first-order chi connectivity index (χ1) is 12.2. The Morgan fingerprint density at radius 2 is 0.923 bits per heavy atom. The molecule has 0 aromatic carbocycles. The Morgan fingerprint density at radius 1 is 0.577 bits per heavy atom. The zero-order valence-electron chi connectivity index (χ0n) is 17.9. The van der Waals surface area contributed by atoms with Crippen LogP contribution in [-0.2, 0) is 6.54 Å². The summed E-state index contributed by atoms with van der Waals surface area (Å²) < 4.78 is 2.37. The van der Waals surface area contributed by atoms with E-state index in [0.717, 1.165) is 0 Å². The minimum Gasteiger partial charge on any atom is -1.00 e. The SMILES string of the molecule is CCCCCCCCCCCCCCCCC[n+]1cc(C)cc(C)c1.[Cl-]. The molecule has 0 spiro atoms. The van der Waals surface area contributed by atoms with Crippen LogP contribution in [0.4, 0.5) is 0 Å². The van der Waals surface area contributed by atoms with Crippen LogP contribution in [0.15, 0.2) is 18.5 Å². The van der Waals surface area contributed by atoms with Crippen LogP contribution < -0.4 is 17.0 Å². The summed E-state index contributed by atoms with van der Waals surface area (Å²) in [5.74, 6) is 0. The van der Waals surface area contributed by atoms with Crippen molar-refractivity contribution in [2.45, 2.75) is 124 Å². The monoisotopic (exact) mass is 381 g/mol. The minimum atomic E-state index is 0. The van der Waals surface area contributed by atoms with Gasteiger partial charge in [0.2, 0.25) is 0 Å². The lowest BCUT2D eigenvalue weighted by Crippen LogP contribution is -3.00. The normalized spacial score (nSPS) is 10.7. The Morgan fingerprint density at radius 3 is 1.31 bits per heavy atom. The van der Waals surface area contributed by atoms with E-state index in [4.69, 9.17) is 0 Å². The van der Waals surface area contributed by atoms with Gasteiger partial charge in [-0.25, -0.2) is 4.57 Å². The van der Waals surface area contributed by atoms with Crippen molar-refractivity contribution in [1.82, 2.24) is 0 Å². The molecule has 0 saturated heterocycles. The molecule has 0 bridgehead atoms. The van der Waals surface area contributed by atoms with E-state index in [-0.39, 0.29) is 12.4 Å². The molecule has 2 heteroatoms. The number of aromatic nitrogens is 1. The van der Waals surface area contributed by atoms with Crippen molar-refractivity contribution < 1.29 is 17.0 Å². The number of nitrogens with zero attached hydrogens (tertiary/aromatic N) is 1. The Bertz CT molecular complexity index is 410. The molecule has 1 nitrogen and oxygen atoms in total. The highest BCUT2D eigenvalue weighted by atomic mass is 35.5. The molecule has 0 fully saturated rings. The summed E-state index contributed by atoms with van der Waals surface area (Å²) in [5, 5.41) is 0. The lowest BCUT2D eigenvalue weighted by molar-refractivity contribution is -0.698. The maximum atomic E-state index is 2.37. The fraction of sp³-hybridized carbons (Fsp3) is 0.792. The number of aryl methyl sites for hydroxylation is 3. The molecule has 1 heterocycles. The van der Waals surface area contributed by atoms with Gasteiger partial charge in [0, 0.05) is 17.5 Å². The van der Waals surface area contributed by atoms with Crippen LogP contribution in [0.3, 0.4) is 0 Å². The molecule has 0 aliphatic carbocycles. The molecule has 0 aliphatic heterocycles. The number of hydrogen-bond donors (Lipinski definition) is 0. The molecule has 0 saturated carbocycles. The molecule has 0 N–H and O–H groups in total. The Labute approximate surface area is 170 Å². The standard InChI is InChI=1S/C24H44N.ClH/c1-4-5-6-7-8-9-10-11-12-13-14-15-16-17-18-19-25-21-23(2)20-24(3)22-25;/h20-22H,4-19H2,1-3H3;1H/q+1;/p-1. The van der Waals surface area contributed by atoms with E-state index in [1.807, 2.05) is 0 Å². The average Bonchev–Trinajstić information content (AvgIpc) is 2.57. The smallest absolute Gasteiger partial charge is 0.171 e. The number of halogens is 1. The van der Waals surface area contributed by atoms with Crippen LogP contribution in [0.5, 0.6) is 0 Å². The first-order valence-corrected chi connectivity index (χ1v) is 11.2. The topological polar surface area (TPSA) is 3.88 Å². The zero-order chi connectivity index (χ0) is 18.2. The van der Waals surface area contributed by atoms with E-state index < -0.39 is 0 Å². The molecule has 1 aromatic rings. The highest BCUT2D eigenvalue weighted by Crippen LogP contribution is 2.13. The number of hydrogen-bond acceptors (Lipinski definition) is 0. The second kappa shape index (κ2) is 17.8. The Kier molecular flexibility index (Phi) is 17.4. The highest BCUT2D eigenvalue weighted by Gasteiger charge is 2.02. The van der Waals surface area contributed by atoms with Crippen LogP contribution in [0, 0.1) is 13.8 Å². The minimum absolute atomic E-state index is 0. The molecule has 1 rings (SSSR count). The molecular weight excluding hydrogens is 338 g/mol. The summed E-state index contributed by atoms with van der Waals surface area (Å²) in [4.78, 5) is 0. The van der Waals surface area contributed by atoms with Gasteiger partial charge in [0.25, 0.3) is 0 Å². The van der Waals surface area contributed by atoms with Gasteiger partial charge in [0.05, 0.1) is 0 Å². The number of rotatable bonds is 16. The summed E-state index contributed by atoms with van der Waals surface area (Å²) in [7, 11) is 0. The average molecular weight is 382 g/mol. The molecule has 0 radical (unpaired) electrons. The predicted octanol–water partition coefficient (Wildman–Crippen LogP) is 4.47. The third-order valence-corrected chi connectivity index (χ3v) is 5.21. The van der Waals surface area contributed by atoms with Crippen molar-refractivity contribution >= 4 is 0 Å². The fourth-order valence-electron chi connectivity index (χ4n) is 3.79. The summed E-state index contributed by atoms with van der Waals surface area (Å²) >= 11 is 0. The molecule has 152 valence electrons. The molecule has 1 aromatic heterocycles. The summed E-state index contributed by atoms with van der Waals surface area (Å²) in [5.41, 5.74) is 2.75. The van der Waals surface area contributed by atoms with E-state index in [9.17, 15) is 0 Å². The molecule has 0 aliphatic rings. The lowest BCUT2D eigenvalue weighted by Gasteiger charge is -2.03. The van der Waals surface area contributed by atoms with Gasteiger partial charge in [-0.15, -0.1) is 0 Å². The van der Waals surface area contributed by atoms with Crippen LogP contribution in [0.25, 0.3) is 0 Å². The van der Waals surface area contributed by atoms with Crippen molar-refractivity contribution in [3.63, 3.8) is 0 Å². The van der Waals surface area contributed by atoms with Crippen molar-refractivity contribution in [2.24, 2.45) is 0 Å². The van der Waals surface area contributed by atoms with Crippen LogP contribution in [0.1, 0.15) is 114 Å². The van der Waals surface area contributed by atoms with E-state index >= 15 is 0 Å². The van der Waals surface area contributed by atoms with Crippen molar-refractivity contribution in [3.05, 3.63) is 29.6 Å². The lowest BCUT2D eigenvalue weighted by atomic mass is 10.0. The number of pyridine rings is 1. The van der Waals surface area contributed by atoms with Crippen LogP contribution in [-0.4, -0.2) is 0 Å². The Hall–Kier alpha value is -0.560. The van der Waals surface area contributed by atoms with Gasteiger partial charge in [0.15, 0.2) is 12.4 Å². The quantitative estimate of drug-likeness (QED) is 0.294. The zero-order valence-corrected chi connectivity index (χ0v) is 18.6. The van der Waals surface area contributed by atoms with Crippen molar-refractivity contribution in [2.75, 3.05) is 0 Å². The largest absolute Gasteiger partial charge is 1.00 e. The molecule has 0 atom stereocenters. The fourth-order valence-corrected chi connectivity index (χ4v) is 3.79. The summed E-state index contributed by atoms with van der Waals surface area (Å²) in [6.07, 6.45) is 26.1. The second-order valence-corrected chi connectivity index (χ2v) is 8.08. The van der Waals surface area contributed by atoms with E-state index in [1.165, 1.54) is 114 Å². The van der Waals surface area contributed by atoms with E-state index in [1.54, 1.807) is 0 Å². The summed E-state index contributed by atoms with van der Waals surface area (Å²) in [6, 6.07) is 2.25. The van der Waals surface area contributed by atoms with Crippen LogP contribution >= 0.6 is 0 Å². The predicted molar refractivity (Wildman–Crippen MR) is 111 cm³/mol. The third-order valence-electron chi connectivity index (χ3n) is 5.21. The molecule has 0 amide bonds. The van der Waals surface area contributed by atoms with Gasteiger partial charge in [-0.1, -0.05) is 90.4 Å². The van der Waals surface area contributed by atoms with Gasteiger partial charge in [0.1, 0.15) is 6.54 Å². The van der Waals surface area contributed by atoms with Gasteiger partial charge in [-0.2, -0.15) is 0 Å². The third kappa shape index (κ3) is 14.6. The van der Waals surface area contributed by atoms with Crippen molar-refractivity contribution in [3.8, 4) is 0 Å². The molecular formula is C24H44ClN. The van der Waals surface area contributed by atoms with Gasteiger partial charge in [-0.05, 0) is 26.3 Å². The van der Waals surface area contributed by atoms with Crippen molar-refractivity contribution in [1.29, 1.82) is 0 Å². The van der Waals surface area contributed by atoms with E-state index in [0.29, 0.717) is 0 Å². The van der Waals surface area contributed by atoms with Gasteiger partial charge >= 0.3 is 0 Å². The maximum Gasteiger partial charge on any atom is 0.171 e. The molecule has 26 heavy (non-hydrogen) atoms. The summed E-state index contributed by atoms with van der Waals surface area (Å²) in [6.45, 7) is 7.86. The first kappa shape index (κ1) is 25.4. The second-order valence-electron chi connectivity index (χ2n) is 8.08. The van der Waals surface area contributed by atoms with E-state index in [2.05, 4.69) is 43.8 Å². The first-order valence-electron chi connectivity index (χ1n) is 11.2. The Balaban J connectivity index is 0.00000625. The van der Waals surface area contributed by atoms with Crippen LogP contribution in [0.2, 0.25) is 0 Å².